The van der Waals surface area contributed by atoms with Crippen LogP contribution in [0.25, 0.3) is 11.1 Å². The molecule has 0 aliphatic carbocycles. The van der Waals surface area contributed by atoms with Gasteiger partial charge in [-0.15, -0.1) is 0 Å². The second-order valence-electron chi connectivity index (χ2n) is 6.99. The standard InChI is InChI=1S/C21H22N4O4/c1-15(25-17-9-5-6-10-18(17)29-21(25)28)19(26)23-11-13-24(14-12-23)20(27)22-16-7-3-2-4-8-16/h2-10,15H,11-14H2,1H3,(H,22,27)/t15-/m0/s1. The summed E-state index contributed by atoms with van der Waals surface area (Å²) in [5.74, 6) is -0.713. The molecule has 0 spiro atoms. The van der Waals surface area contributed by atoms with Crippen LogP contribution in [0.3, 0.4) is 0 Å². The maximum atomic E-state index is 13.0. The number of amides is 3. The lowest BCUT2D eigenvalue weighted by Gasteiger charge is -2.36. The SMILES string of the molecule is C[C@@H](C(=O)N1CCN(C(=O)Nc2ccccc2)CC1)n1c(=O)oc2ccccc21. The molecule has 8 heteroatoms. The summed E-state index contributed by atoms with van der Waals surface area (Å²) in [6, 6.07) is 15.4. The number of urea groups is 1. The van der Waals surface area contributed by atoms with Crippen LogP contribution in [-0.2, 0) is 4.79 Å². The number of nitrogens with zero attached hydrogens (tertiary/aromatic N) is 3. The van der Waals surface area contributed by atoms with Gasteiger partial charge in [-0.2, -0.15) is 0 Å². The van der Waals surface area contributed by atoms with Crippen LogP contribution < -0.4 is 11.1 Å². The van der Waals surface area contributed by atoms with Crippen LogP contribution in [0.4, 0.5) is 10.5 Å². The fourth-order valence-electron chi connectivity index (χ4n) is 3.58. The first-order chi connectivity index (χ1) is 14.0. The van der Waals surface area contributed by atoms with E-state index < -0.39 is 11.8 Å². The first kappa shape index (κ1) is 18.8. The molecule has 1 N–H and O–H groups in total. The molecule has 3 aromatic rings. The average Bonchev–Trinajstić information content (AvgIpc) is 3.09. The molecule has 150 valence electrons. The molecule has 8 nitrogen and oxygen atoms in total. The number of fused-ring (bicyclic) bond motifs is 1. The third kappa shape index (κ3) is 3.73. The molecule has 0 saturated carbocycles. The number of anilines is 1. The highest BCUT2D eigenvalue weighted by molar-refractivity contribution is 5.89. The minimum atomic E-state index is -0.684. The maximum absolute atomic E-state index is 13.0. The minimum Gasteiger partial charge on any atom is -0.408 e. The van der Waals surface area contributed by atoms with Crippen molar-refractivity contribution in [3.8, 4) is 0 Å². The van der Waals surface area contributed by atoms with Gasteiger partial charge in [-0.3, -0.25) is 9.36 Å². The molecule has 1 aliphatic heterocycles. The predicted molar refractivity (Wildman–Crippen MR) is 109 cm³/mol. The number of benzene rings is 2. The first-order valence-electron chi connectivity index (χ1n) is 9.54. The molecule has 1 aliphatic rings. The van der Waals surface area contributed by atoms with Gasteiger partial charge >= 0.3 is 11.8 Å². The van der Waals surface area contributed by atoms with Crippen molar-refractivity contribution in [3.63, 3.8) is 0 Å². The van der Waals surface area contributed by atoms with Crippen molar-refractivity contribution in [1.82, 2.24) is 14.4 Å². The number of para-hydroxylation sites is 3. The Bertz CT molecular complexity index is 1080. The van der Waals surface area contributed by atoms with Crippen molar-refractivity contribution in [2.24, 2.45) is 0 Å². The summed E-state index contributed by atoms with van der Waals surface area (Å²) in [4.78, 5) is 41.0. The van der Waals surface area contributed by atoms with E-state index in [1.165, 1.54) is 4.57 Å². The number of piperazine rings is 1. The van der Waals surface area contributed by atoms with Crippen molar-refractivity contribution < 1.29 is 14.0 Å². The third-order valence-corrected chi connectivity index (χ3v) is 5.17. The summed E-state index contributed by atoms with van der Waals surface area (Å²) in [5.41, 5.74) is 1.79. The summed E-state index contributed by atoms with van der Waals surface area (Å²) in [6.07, 6.45) is 0. The smallest absolute Gasteiger partial charge is 0.408 e. The van der Waals surface area contributed by atoms with E-state index in [2.05, 4.69) is 5.32 Å². The molecule has 3 amide bonds. The summed E-state index contributed by atoms with van der Waals surface area (Å²) in [6.45, 7) is 3.38. The molecule has 1 fully saturated rings. The Balaban J connectivity index is 1.40. The minimum absolute atomic E-state index is 0.165. The van der Waals surface area contributed by atoms with Gasteiger partial charge in [-0.1, -0.05) is 30.3 Å². The van der Waals surface area contributed by atoms with Gasteiger partial charge in [0.05, 0.1) is 5.52 Å². The lowest BCUT2D eigenvalue weighted by molar-refractivity contribution is -0.135. The van der Waals surface area contributed by atoms with Crippen LogP contribution >= 0.6 is 0 Å². The molecule has 29 heavy (non-hydrogen) atoms. The first-order valence-corrected chi connectivity index (χ1v) is 9.54. The van der Waals surface area contributed by atoms with Gasteiger partial charge in [-0.05, 0) is 31.2 Å². The predicted octanol–water partition coefficient (Wildman–Crippen LogP) is 2.53. The Kier molecular flexibility index (Phi) is 5.07. The van der Waals surface area contributed by atoms with Crippen LogP contribution in [0.5, 0.6) is 0 Å². The maximum Gasteiger partial charge on any atom is 0.420 e. The van der Waals surface area contributed by atoms with Crippen molar-refractivity contribution in [2.45, 2.75) is 13.0 Å². The summed E-state index contributed by atoms with van der Waals surface area (Å²) in [7, 11) is 0. The lowest BCUT2D eigenvalue weighted by Crippen LogP contribution is -2.53. The van der Waals surface area contributed by atoms with Crippen molar-refractivity contribution in [2.75, 3.05) is 31.5 Å². The second kappa shape index (κ2) is 7.83. The molecular weight excluding hydrogens is 372 g/mol. The van der Waals surface area contributed by atoms with E-state index in [4.69, 9.17) is 4.42 Å². The van der Waals surface area contributed by atoms with E-state index in [1.807, 2.05) is 30.3 Å². The third-order valence-electron chi connectivity index (χ3n) is 5.17. The number of carbonyl (C=O) groups is 2. The number of hydrogen-bond acceptors (Lipinski definition) is 4. The highest BCUT2D eigenvalue weighted by atomic mass is 16.4. The van der Waals surface area contributed by atoms with Crippen molar-refractivity contribution in [1.29, 1.82) is 0 Å². The largest absolute Gasteiger partial charge is 0.420 e. The molecule has 0 bridgehead atoms. The number of hydrogen-bond donors (Lipinski definition) is 1. The van der Waals surface area contributed by atoms with Gasteiger partial charge in [0.2, 0.25) is 5.91 Å². The molecule has 2 aromatic carbocycles. The molecule has 2 heterocycles. The number of carbonyl (C=O) groups excluding carboxylic acids is 2. The Hall–Kier alpha value is -3.55. The van der Waals surface area contributed by atoms with E-state index in [0.717, 1.165) is 5.69 Å². The van der Waals surface area contributed by atoms with Crippen LogP contribution in [0.1, 0.15) is 13.0 Å². The zero-order valence-electron chi connectivity index (χ0n) is 16.1. The molecular formula is C21H22N4O4. The molecule has 1 atom stereocenters. The fourth-order valence-corrected chi connectivity index (χ4v) is 3.58. The van der Waals surface area contributed by atoms with Gasteiger partial charge < -0.3 is 19.5 Å². The van der Waals surface area contributed by atoms with Gasteiger partial charge in [0.15, 0.2) is 5.58 Å². The highest BCUT2D eigenvalue weighted by Crippen LogP contribution is 2.19. The zero-order valence-corrected chi connectivity index (χ0v) is 16.1. The summed E-state index contributed by atoms with van der Waals surface area (Å²) >= 11 is 0. The molecule has 1 aromatic heterocycles. The molecule has 4 rings (SSSR count). The number of oxazole rings is 1. The van der Waals surface area contributed by atoms with Gasteiger partial charge in [-0.25, -0.2) is 9.59 Å². The monoisotopic (exact) mass is 394 g/mol. The van der Waals surface area contributed by atoms with Crippen LogP contribution in [0.15, 0.2) is 63.8 Å². The van der Waals surface area contributed by atoms with Gasteiger partial charge in [0, 0.05) is 31.9 Å². The van der Waals surface area contributed by atoms with Gasteiger partial charge in [0.25, 0.3) is 0 Å². The molecule has 0 radical (unpaired) electrons. The van der Waals surface area contributed by atoms with Crippen LogP contribution in [-0.4, -0.2) is 52.5 Å². The van der Waals surface area contributed by atoms with E-state index in [0.29, 0.717) is 37.3 Å². The van der Waals surface area contributed by atoms with E-state index in [9.17, 15) is 14.4 Å². The van der Waals surface area contributed by atoms with E-state index in [-0.39, 0.29) is 11.9 Å². The quantitative estimate of drug-likeness (QED) is 0.739. The Morgan fingerprint density at radius 2 is 1.55 bits per heavy atom. The Morgan fingerprint density at radius 1 is 0.931 bits per heavy atom. The van der Waals surface area contributed by atoms with E-state index >= 15 is 0 Å². The van der Waals surface area contributed by atoms with Gasteiger partial charge in [0.1, 0.15) is 6.04 Å². The second-order valence-corrected chi connectivity index (χ2v) is 6.99. The Labute approximate surface area is 167 Å². The fraction of sp³-hybridized carbons (Fsp3) is 0.286. The number of nitrogens with one attached hydrogen (secondary N) is 1. The van der Waals surface area contributed by atoms with Crippen molar-refractivity contribution >= 4 is 28.7 Å². The number of aromatic nitrogens is 1. The molecule has 1 saturated heterocycles. The summed E-state index contributed by atoms with van der Waals surface area (Å²) < 4.78 is 6.62. The molecule has 0 unspecified atom stereocenters. The Morgan fingerprint density at radius 3 is 2.28 bits per heavy atom. The topological polar surface area (TPSA) is 87.8 Å². The van der Waals surface area contributed by atoms with Crippen molar-refractivity contribution in [3.05, 3.63) is 65.1 Å². The normalized spacial score (nSPS) is 15.3. The average molecular weight is 394 g/mol. The summed E-state index contributed by atoms with van der Waals surface area (Å²) in [5, 5.41) is 2.85. The zero-order chi connectivity index (χ0) is 20.4. The number of rotatable bonds is 3. The van der Waals surface area contributed by atoms with E-state index in [1.54, 1.807) is 41.0 Å². The highest BCUT2D eigenvalue weighted by Gasteiger charge is 2.29. The van der Waals surface area contributed by atoms with Crippen LogP contribution in [0, 0.1) is 0 Å². The lowest BCUT2D eigenvalue weighted by atomic mass is 10.2. The van der Waals surface area contributed by atoms with Crippen LogP contribution in [0.2, 0.25) is 0 Å².